The van der Waals surface area contributed by atoms with Gasteiger partial charge in [-0.15, -0.1) is 0 Å². The Hall–Kier alpha value is -1.39. The summed E-state index contributed by atoms with van der Waals surface area (Å²) in [5, 5.41) is 9.08. The SMILES string of the molecule is O=C(O)C1CCN(C2CCN(Cc3ccccc3)CC2)CC1. The molecule has 4 nitrogen and oxygen atoms in total. The van der Waals surface area contributed by atoms with E-state index in [4.69, 9.17) is 5.11 Å². The molecule has 4 heteroatoms. The van der Waals surface area contributed by atoms with E-state index in [2.05, 4.69) is 40.1 Å². The number of carbonyl (C=O) groups is 1. The molecule has 1 aromatic rings. The number of rotatable bonds is 4. The second-order valence-corrected chi connectivity index (χ2v) is 6.64. The van der Waals surface area contributed by atoms with E-state index in [-0.39, 0.29) is 5.92 Å². The number of carboxylic acids is 1. The first-order chi connectivity index (χ1) is 10.7. The smallest absolute Gasteiger partial charge is 0.306 e. The predicted molar refractivity (Wildman–Crippen MR) is 86.7 cm³/mol. The Bertz CT molecular complexity index is 475. The van der Waals surface area contributed by atoms with Crippen LogP contribution in [0.4, 0.5) is 0 Å². The maximum Gasteiger partial charge on any atom is 0.306 e. The number of hydrogen-bond donors (Lipinski definition) is 1. The van der Waals surface area contributed by atoms with Crippen LogP contribution in [0.15, 0.2) is 30.3 Å². The van der Waals surface area contributed by atoms with Crippen molar-refractivity contribution in [2.45, 2.75) is 38.3 Å². The minimum Gasteiger partial charge on any atom is -0.481 e. The number of piperidine rings is 2. The Balaban J connectivity index is 1.43. The summed E-state index contributed by atoms with van der Waals surface area (Å²) in [6.45, 7) is 5.27. The number of nitrogens with zero attached hydrogens (tertiary/aromatic N) is 2. The zero-order valence-electron chi connectivity index (χ0n) is 13.2. The molecule has 0 saturated carbocycles. The molecule has 0 aliphatic carbocycles. The molecule has 0 spiro atoms. The van der Waals surface area contributed by atoms with Crippen LogP contribution >= 0.6 is 0 Å². The average molecular weight is 302 g/mol. The van der Waals surface area contributed by atoms with E-state index in [1.165, 1.54) is 18.4 Å². The largest absolute Gasteiger partial charge is 0.481 e. The van der Waals surface area contributed by atoms with E-state index < -0.39 is 5.97 Å². The normalized spacial score (nSPS) is 22.7. The van der Waals surface area contributed by atoms with Crippen LogP contribution in [0.1, 0.15) is 31.2 Å². The van der Waals surface area contributed by atoms with Crippen LogP contribution in [-0.2, 0) is 11.3 Å². The molecule has 2 aliphatic heterocycles. The van der Waals surface area contributed by atoms with Crippen molar-refractivity contribution < 1.29 is 9.90 Å². The van der Waals surface area contributed by atoms with Crippen molar-refractivity contribution in [3.63, 3.8) is 0 Å². The van der Waals surface area contributed by atoms with E-state index in [9.17, 15) is 4.79 Å². The number of carboxylic acid groups (broad SMARTS) is 1. The van der Waals surface area contributed by atoms with Crippen LogP contribution < -0.4 is 0 Å². The second-order valence-electron chi connectivity index (χ2n) is 6.64. The summed E-state index contributed by atoms with van der Waals surface area (Å²) >= 11 is 0. The summed E-state index contributed by atoms with van der Waals surface area (Å²) in [4.78, 5) is 16.1. The minimum atomic E-state index is -0.614. The van der Waals surface area contributed by atoms with Crippen molar-refractivity contribution >= 4 is 5.97 Å². The average Bonchev–Trinajstić information content (AvgIpc) is 2.57. The van der Waals surface area contributed by atoms with Crippen LogP contribution in [0, 0.1) is 5.92 Å². The van der Waals surface area contributed by atoms with E-state index in [1.54, 1.807) is 0 Å². The van der Waals surface area contributed by atoms with Crippen LogP contribution in [0.3, 0.4) is 0 Å². The molecule has 120 valence electrons. The highest BCUT2D eigenvalue weighted by Crippen LogP contribution is 2.24. The van der Waals surface area contributed by atoms with Crippen molar-refractivity contribution in [1.29, 1.82) is 0 Å². The number of hydrogen-bond acceptors (Lipinski definition) is 3. The van der Waals surface area contributed by atoms with Gasteiger partial charge in [0.25, 0.3) is 0 Å². The van der Waals surface area contributed by atoms with Crippen LogP contribution in [-0.4, -0.2) is 53.1 Å². The molecule has 2 heterocycles. The molecule has 0 radical (unpaired) electrons. The van der Waals surface area contributed by atoms with Gasteiger partial charge in [0, 0.05) is 12.6 Å². The Morgan fingerprint density at radius 1 is 1.00 bits per heavy atom. The monoisotopic (exact) mass is 302 g/mol. The molecule has 2 aliphatic rings. The Morgan fingerprint density at radius 3 is 2.23 bits per heavy atom. The number of aliphatic carboxylic acids is 1. The summed E-state index contributed by atoms with van der Waals surface area (Å²) < 4.78 is 0. The summed E-state index contributed by atoms with van der Waals surface area (Å²) in [6.07, 6.45) is 4.06. The zero-order chi connectivity index (χ0) is 15.4. The summed E-state index contributed by atoms with van der Waals surface area (Å²) in [6, 6.07) is 11.3. The molecule has 2 saturated heterocycles. The lowest BCUT2D eigenvalue weighted by Crippen LogP contribution is -2.48. The Labute approximate surface area is 132 Å². The van der Waals surface area contributed by atoms with Gasteiger partial charge in [0.1, 0.15) is 0 Å². The standard InChI is InChI=1S/C18H26N2O2/c21-18(22)16-6-12-20(13-7-16)17-8-10-19(11-9-17)14-15-4-2-1-3-5-15/h1-5,16-17H,6-14H2,(H,21,22). The Kier molecular flexibility index (Phi) is 5.11. The molecule has 3 rings (SSSR count). The third-order valence-electron chi connectivity index (χ3n) is 5.20. The quantitative estimate of drug-likeness (QED) is 0.928. The van der Waals surface area contributed by atoms with Crippen LogP contribution in [0.5, 0.6) is 0 Å². The van der Waals surface area contributed by atoms with Gasteiger partial charge in [0.2, 0.25) is 0 Å². The second kappa shape index (κ2) is 7.25. The molecule has 2 fully saturated rings. The molecule has 0 atom stereocenters. The highest BCUT2D eigenvalue weighted by molar-refractivity contribution is 5.70. The third kappa shape index (κ3) is 3.87. The molecule has 0 aromatic heterocycles. The maximum atomic E-state index is 11.0. The van der Waals surface area contributed by atoms with Crippen LogP contribution in [0.25, 0.3) is 0 Å². The van der Waals surface area contributed by atoms with Gasteiger partial charge < -0.3 is 10.0 Å². The molecule has 0 amide bonds. The molecule has 1 aromatic carbocycles. The fraction of sp³-hybridized carbons (Fsp3) is 0.611. The molecular weight excluding hydrogens is 276 g/mol. The number of benzene rings is 1. The lowest BCUT2D eigenvalue weighted by atomic mass is 9.93. The summed E-state index contributed by atoms with van der Waals surface area (Å²) in [7, 11) is 0. The maximum absolute atomic E-state index is 11.0. The van der Waals surface area contributed by atoms with Gasteiger partial charge in [0.15, 0.2) is 0 Å². The van der Waals surface area contributed by atoms with Gasteiger partial charge in [-0.05, 0) is 57.4 Å². The fourth-order valence-electron chi connectivity index (χ4n) is 3.80. The summed E-state index contributed by atoms with van der Waals surface area (Å²) in [5.74, 6) is -0.730. The van der Waals surface area contributed by atoms with Crippen molar-refractivity contribution in [1.82, 2.24) is 9.80 Å². The molecule has 0 bridgehead atoms. The van der Waals surface area contributed by atoms with Gasteiger partial charge in [-0.2, -0.15) is 0 Å². The predicted octanol–water partition coefficient (Wildman–Crippen LogP) is 2.45. The van der Waals surface area contributed by atoms with Crippen LogP contribution in [0.2, 0.25) is 0 Å². The van der Waals surface area contributed by atoms with Gasteiger partial charge in [-0.3, -0.25) is 9.69 Å². The van der Waals surface area contributed by atoms with E-state index >= 15 is 0 Å². The zero-order valence-corrected chi connectivity index (χ0v) is 13.2. The van der Waals surface area contributed by atoms with Gasteiger partial charge in [0.05, 0.1) is 5.92 Å². The first kappa shape index (κ1) is 15.5. The van der Waals surface area contributed by atoms with E-state index in [1.807, 2.05) is 0 Å². The highest BCUT2D eigenvalue weighted by atomic mass is 16.4. The lowest BCUT2D eigenvalue weighted by Gasteiger charge is -2.41. The first-order valence-corrected chi connectivity index (χ1v) is 8.45. The van der Waals surface area contributed by atoms with Crippen molar-refractivity contribution in [3.05, 3.63) is 35.9 Å². The van der Waals surface area contributed by atoms with E-state index in [0.717, 1.165) is 45.6 Å². The third-order valence-corrected chi connectivity index (χ3v) is 5.20. The van der Waals surface area contributed by atoms with Crippen molar-refractivity contribution in [3.8, 4) is 0 Å². The highest BCUT2D eigenvalue weighted by Gasteiger charge is 2.30. The lowest BCUT2D eigenvalue weighted by molar-refractivity contribution is -0.143. The molecule has 22 heavy (non-hydrogen) atoms. The fourth-order valence-corrected chi connectivity index (χ4v) is 3.80. The molecule has 1 N–H and O–H groups in total. The van der Waals surface area contributed by atoms with Crippen molar-refractivity contribution in [2.24, 2.45) is 5.92 Å². The first-order valence-electron chi connectivity index (χ1n) is 8.45. The molecular formula is C18H26N2O2. The minimum absolute atomic E-state index is 0.116. The van der Waals surface area contributed by atoms with Crippen molar-refractivity contribution in [2.75, 3.05) is 26.2 Å². The van der Waals surface area contributed by atoms with Gasteiger partial charge in [-0.25, -0.2) is 0 Å². The van der Waals surface area contributed by atoms with Gasteiger partial charge >= 0.3 is 5.97 Å². The number of likely N-dealkylation sites (tertiary alicyclic amines) is 2. The molecule has 0 unspecified atom stereocenters. The van der Waals surface area contributed by atoms with E-state index in [0.29, 0.717) is 6.04 Å². The summed E-state index contributed by atoms with van der Waals surface area (Å²) in [5.41, 5.74) is 1.39. The van der Waals surface area contributed by atoms with Gasteiger partial charge in [-0.1, -0.05) is 30.3 Å². The topological polar surface area (TPSA) is 43.8 Å². The Morgan fingerprint density at radius 2 is 1.64 bits per heavy atom.